The van der Waals surface area contributed by atoms with Crippen molar-refractivity contribution in [3.05, 3.63) is 34.9 Å². The molecule has 0 heterocycles. The molecule has 0 aliphatic heterocycles. The van der Waals surface area contributed by atoms with Crippen LogP contribution in [-0.4, -0.2) is 6.67 Å². The molecule has 0 amide bonds. The lowest BCUT2D eigenvalue weighted by Gasteiger charge is -2.12. The summed E-state index contributed by atoms with van der Waals surface area (Å²) < 4.78 is 38.3. The number of halogens is 3. The fourth-order valence-corrected chi connectivity index (χ4v) is 1.22. The van der Waals surface area contributed by atoms with Gasteiger partial charge in [0.25, 0.3) is 0 Å². The molecule has 0 radical (unpaired) electrons. The van der Waals surface area contributed by atoms with Gasteiger partial charge in [-0.2, -0.15) is 0 Å². The van der Waals surface area contributed by atoms with E-state index in [1.54, 1.807) is 0 Å². The minimum absolute atomic E-state index is 0.000574. The second-order valence-electron chi connectivity index (χ2n) is 3.18. The standard InChI is InChI=1S/C10H12F3N/c1-6-2-3-7(8(14)4-5-11)10(13)9(6)12/h2-3,8H,4-5,14H2,1H3/t8-/m0/s1. The number of rotatable bonds is 3. The van der Waals surface area contributed by atoms with Crippen molar-refractivity contribution in [2.24, 2.45) is 5.73 Å². The van der Waals surface area contributed by atoms with Crippen LogP contribution in [0.1, 0.15) is 23.6 Å². The Labute approximate surface area is 80.7 Å². The van der Waals surface area contributed by atoms with Gasteiger partial charge >= 0.3 is 0 Å². The van der Waals surface area contributed by atoms with Crippen LogP contribution in [0, 0.1) is 18.6 Å². The van der Waals surface area contributed by atoms with Crippen molar-refractivity contribution in [1.82, 2.24) is 0 Å². The molecular formula is C10H12F3N. The van der Waals surface area contributed by atoms with Crippen LogP contribution in [0.4, 0.5) is 13.2 Å². The van der Waals surface area contributed by atoms with Gasteiger partial charge in [-0.3, -0.25) is 4.39 Å². The summed E-state index contributed by atoms with van der Waals surface area (Å²) in [7, 11) is 0. The van der Waals surface area contributed by atoms with Crippen molar-refractivity contribution in [1.29, 1.82) is 0 Å². The van der Waals surface area contributed by atoms with Crippen LogP contribution in [0.25, 0.3) is 0 Å². The summed E-state index contributed by atoms with van der Waals surface area (Å²) in [6.07, 6.45) is -0.000574. The quantitative estimate of drug-likeness (QED) is 0.802. The van der Waals surface area contributed by atoms with Gasteiger partial charge in [0.15, 0.2) is 11.6 Å². The molecular weight excluding hydrogens is 191 g/mol. The third-order valence-electron chi connectivity index (χ3n) is 2.12. The fraction of sp³-hybridized carbons (Fsp3) is 0.400. The second kappa shape index (κ2) is 4.46. The van der Waals surface area contributed by atoms with Gasteiger partial charge in [0.2, 0.25) is 0 Å². The number of alkyl halides is 1. The molecule has 1 nitrogen and oxygen atoms in total. The maximum atomic E-state index is 13.3. The molecule has 0 unspecified atom stereocenters. The fourth-order valence-electron chi connectivity index (χ4n) is 1.22. The second-order valence-corrected chi connectivity index (χ2v) is 3.18. The smallest absolute Gasteiger partial charge is 0.163 e. The van der Waals surface area contributed by atoms with Crippen molar-refractivity contribution in [3.8, 4) is 0 Å². The molecule has 0 aliphatic carbocycles. The minimum atomic E-state index is -0.967. The average Bonchev–Trinajstić information content (AvgIpc) is 2.15. The number of hydrogen-bond acceptors (Lipinski definition) is 1. The number of benzene rings is 1. The van der Waals surface area contributed by atoms with Gasteiger partial charge in [0.1, 0.15) is 0 Å². The molecule has 2 N–H and O–H groups in total. The highest BCUT2D eigenvalue weighted by Crippen LogP contribution is 2.22. The van der Waals surface area contributed by atoms with E-state index in [1.807, 2.05) is 0 Å². The first-order valence-electron chi connectivity index (χ1n) is 4.34. The Morgan fingerprint density at radius 2 is 1.93 bits per heavy atom. The summed E-state index contributed by atoms with van der Waals surface area (Å²) in [4.78, 5) is 0. The Morgan fingerprint density at radius 1 is 1.29 bits per heavy atom. The van der Waals surface area contributed by atoms with E-state index < -0.39 is 24.4 Å². The van der Waals surface area contributed by atoms with Crippen LogP contribution in [0.15, 0.2) is 12.1 Å². The summed E-state index contributed by atoms with van der Waals surface area (Å²) in [5, 5.41) is 0. The lowest BCUT2D eigenvalue weighted by molar-refractivity contribution is 0.426. The normalized spacial score (nSPS) is 12.9. The molecule has 0 saturated heterocycles. The lowest BCUT2D eigenvalue weighted by atomic mass is 10.0. The molecule has 14 heavy (non-hydrogen) atoms. The highest BCUT2D eigenvalue weighted by atomic mass is 19.2. The first kappa shape index (κ1) is 11.0. The van der Waals surface area contributed by atoms with E-state index in [0.29, 0.717) is 0 Å². The van der Waals surface area contributed by atoms with E-state index >= 15 is 0 Å². The van der Waals surface area contributed by atoms with E-state index in [4.69, 9.17) is 5.73 Å². The minimum Gasteiger partial charge on any atom is -0.324 e. The zero-order valence-electron chi connectivity index (χ0n) is 7.86. The summed E-state index contributed by atoms with van der Waals surface area (Å²) in [5.41, 5.74) is 5.73. The Morgan fingerprint density at radius 3 is 2.50 bits per heavy atom. The van der Waals surface area contributed by atoms with Crippen molar-refractivity contribution in [2.75, 3.05) is 6.67 Å². The van der Waals surface area contributed by atoms with Gasteiger partial charge in [-0.05, 0) is 18.9 Å². The van der Waals surface area contributed by atoms with Crippen LogP contribution in [0.3, 0.4) is 0 Å². The molecule has 0 fully saturated rings. The monoisotopic (exact) mass is 203 g/mol. The number of hydrogen-bond donors (Lipinski definition) is 1. The van der Waals surface area contributed by atoms with Gasteiger partial charge in [0, 0.05) is 11.6 Å². The van der Waals surface area contributed by atoms with E-state index in [-0.39, 0.29) is 17.5 Å². The molecule has 0 aliphatic rings. The van der Waals surface area contributed by atoms with Crippen LogP contribution in [0.5, 0.6) is 0 Å². The summed E-state index contributed by atoms with van der Waals surface area (Å²) in [6.45, 7) is 0.818. The van der Waals surface area contributed by atoms with Crippen LogP contribution >= 0.6 is 0 Å². The Kier molecular flexibility index (Phi) is 3.52. The number of aryl methyl sites for hydroxylation is 1. The summed E-state index contributed by atoms with van der Waals surface area (Å²) >= 11 is 0. The molecule has 0 aromatic heterocycles. The third-order valence-corrected chi connectivity index (χ3v) is 2.12. The largest absolute Gasteiger partial charge is 0.324 e. The molecule has 1 aromatic rings. The maximum absolute atomic E-state index is 13.3. The maximum Gasteiger partial charge on any atom is 0.163 e. The molecule has 0 saturated carbocycles. The van der Waals surface area contributed by atoms with E-state index in [0.717, 1.165) is 0 Å². The highest BCUT2D eigenvalue weighted by molar-refractivity contribution is 5.27. The van der Waals surface area contributed by atoms with Crippen LogP contribution in [-0.2, 0) is 0 Å². The molecule has 1 rings (SSSR count). The molecule has 78 valence electrons. The zero-order chi connectivity index (χ0) is 10.7. The first-order valence-corrected chi connectivity index (χ1v) is 4.34. The predicted octanol–water partition coefficient (Wildman–Crippen LogP) is 2.63. The average molecular weight is 203 g/mol. The van der Waals surface area contributed by atoms with Crippen molar-refractivity contribution < 1.29 is 13.2 Å². The molecule has 0 spiro atoms. The lowest BCUT2D eigenvalue weighted by Crippen LogP contribution is -2.14. The highest BCUT2D eigenvalue weighted by Gasteiger charge is 2.15. The Bertz CT molecular complexity index is 325. The SMILES string of the molecule is Cc1ccc([C@@H](N)CCF)c(F)c1F. The van der Waals surface area contributed by atoms with E-state index in [2.05, 4.69) is 0 Å². The van der Waals surface area contributed by atoms with Crippen molar-refractivity contribution >= 4 is 0 Å². The van der Waals surface area contributed by atoms with E-state index in [9.17, 15) is 13.2 Å². The first-order chi connectivity index (χ1) is 6.57. The summed E-state index contributed by atoms with van der Waals surface area (Å²) in [5.74, 6) is -1.87. The predicted molar refractivity (Wildman–Crippen MR) is 48.6 cm³/mol. The number of nitrogens with two attached hydrogens (primary N) is 1. The molecule has 1 aromatic carbocycles. The summed E-state index contributed by atoms with van der Waals surface area (Å²) in [6, 6.07) is 2.05. The molecule has 0 bridgehead atoms. The topological polar surface area (TPSA) is 26.0 Å². The van der Waals surface area contributed by atoms with Gasteiger partial charge in [0.05, 0.1) is 6.67 Å². The third kappa shape index (κ3) is 2.07. The van der Waals surface area contributed by atoms with Gasteiger partial charge < -0.3 is 5.73 Å². The van der Waals surface area contributed by atoms with Crippen LogP contribution in [0.2, 0.25) is 0 Å². The molecule has 1 atom stereocenters. The Balaban J connectivity index is 3.04. The van der Waals surface area contributed by atoms with Gasteiger partial charge in [-0.15, -0.1) is 0 Å². The zero-order valence-corrected chi connectivity index (χ0v) is 7.86. The Hall–Kier alpha value is -1.03. The van der Waals surface area contributed by atoms with Crippen molar-refractivity contribution in [2.45, 2.75) is 19.4 Å². The van der Waals surface area contributed by atoms with Gasteiger partial charge in [-0.1, -0.05) is 12.1 Å². The molecule has 4 heteroatoms. The van der Waals surface area contributed by atoms with Gasteiger partial charge in [-0.25, -0.2) is 8.78 Å². The van der Waals surface area contributed by atoms with Crippen LogP contribution < -0.4 is 5.73 Å². The van der Waals surface area contributed by atoms with E-state index in [1.165, 1.54) is 19.1 Å². The van der Waals surface area contributed by atoms with Crippen molar-refractivity contribution in [3.63, 3.8) is 0 Å².